The van der Waals surface area contributed by atoms with Crippen LogP contribution in [0, 0.1) is 5.92 Å². The molecule has 6 heteroatoms. The van der Waals surface area contributed by atoms with Crippen LogP contribution in [0.1, 0.15) is 44.6 Å². The summed E-state index contributed by atoms with van der Waals surface area (Å²) in [7, 11) is 1.66. The van der Waals surface area contributed by atoms with Crippen LogP contribution < -0.4 is 5.73 Å². The summed E-state index contributed by atoms with van der Waals surface area (Å²) < 4.78 is 2.07. The van der Waals surface area contributed by atoms with Gasteiger partial charge in [-0.2, -0.15) is 5.10 Å². The Morgan fingerprint density at radius 3 is 2.80 bits per heavy atom. The van der Waals surface area contributed by atoms with Crippen molar-refractivity contribution in [2.24, 2.45) is 16.6 Å². The molecule has 1 aromatic heterocycles. The number of carbonyl (C=O) groups is 1. The third kappa shape index (κ3) is 2.90. The molecule has 6 nitrogen and oxygen atoms in total. The van der Waals surface area contributed by atoms with E-state index in [0.717, 1.165) is 28.9 Å². The molecule has 1 aliphatic carbocycles. The Morgan fingerprint density at radius 1 is 1.32 bits per heavy atom. The molecule has 1 atom stereocenters. The number of amides is 1. The van der Waals surface area contributed by atoms with Crippen molar-refractivity contribution in [1.29, 1.82) is 0 Å². The average Bonchev–Trinajstić information content (AvgIpc) is 3.21. The molecule has 0 unspecified atom stereocenters. The van der Waals surface area contributed by atoms with Crippen molar-refractivity contribution < 1.29 is 4.79 Å². The predicted molar refractivity (Wildman–Crippen MR) is 98.1 cm³/mol. The Balaban J connectivity index is 1.65. The zero-order chi connectivity index (χ0) is 17.6. The number of fused-ring (bicyclic) bond motifs is 1. The SMILES string of the molecule is CN1C(=O)C[C@@](C)(c2ccc3cn(CC4CCCC4)nc3c2)N=C1N. The van der Waals surface area contributed by atoms with E-state index in [2.05, 4.69) is 28.0 Å². The zero-order valence-corrected chi connectivity index (χ0v) is 14.9. The minimum Gasteiger partial charge on any atom is -0.369 e. The molecule has 1 amide bonds. The third-order valence-electron chi connectivity index (χ3n) is 5.67. The quantitative estimate of drug-likeness (QED) is 0.934. The fourth-order valence-electron chi connectivity index (χ4n) is 4.03. The van der Waals surface area contributed by atoms with Crippen molar-refractivity contribution >= 4 is 22.8 Å². The first-order valence-corrected chi connectivity index (χ1v) is 9.04. The fraction of sp³-hybridized carbons (Fsp3) is 0.526. The second kappa shape index (κ2) is 5.86. The molecule has 1 aromatic carbocycles. The average molecular weight is 339 g/mol. The van der Waals surface area contributed by atoms with Gasteiger partial charge in [-0.25, -0.2) is 4.99 Å². The van der Waals surface area contributed by atoms with E-state index in [1.54, 1.807) is 7.05 Å². The number of benzene rings is 1. The molecule has 2 aliphatic rings. The molecule has 0 saturated heterocycles. The summed E-state index contributed by atoms with van der Waals surface area (Å²) in [5.74, 6) is 1.01. The van der Waals surface area contributed by atoms with Crippen LogP contribution in [0.2, 0.25) is 0 Å². The normalized spacial score (nSPS) is 25.0. The molecule has 4 rings (SSSR count). The number of aliphatic imine (C=N–C) groups is 1. The lowest BCUT2D eigenvalue weighted by Gasteiger charge is -2.33. The Morgan fingerprint density at radius 2 is 2.08 bits per heavy atom. The van der Waals surface area contributed by atoms with Crippen LogP contribution in [-0.4, -0.2) is 33.6 Å². The van der Waals surface area contributed by atoms with Crippen LogP contribution in [0.3, 0.4) is 0 Å². The maximum absolute atomic E-state index is 12.2. The highest BCUT2D eigenvalue weighted by Gasteiger charge is 2.36. The maximum atomic E-state index is 12.2. The smallest absolute Gasteiger partial charge is 0.231 e. The van der Waals surface area contributed by atoms with Crippen LogP contribution in [0.25, 0.3) is 10.9 Å². The van der Waals surface area contributed by atoms with E-state index in [1.165, 1.54) is 30.6 Å². The number of nitrogens with two attached hydrogens (primary N) is 1. The molecule has 2 N–H and O–H groups in total. The van der Waals surface area contributed by atoms with E-state index in [-0.39, 0.29) is 11.9 Å². The maximum Gasteiger partial charge on any atom is 0.231 e. The van der Waals surface area contributed by atoms with E-state index in [0.29, 0.717) is 6.42 Å². The summed E-state index contributed by atoms with van der Waals surface area (Å²) >= 11 is 0. The molecule has 132 valence electrons. The molecular weight excluding hydrogens is 314 g/mol. The second-order valence-electron chi connectivity index (χ2n) is 7.65. The van der Waals surface area contributed by atoms with Gasteiger partial charge in [-0.15, -0.1) is 0 Å². The van der Waals surface area contributed by atoms with Gasteiger partial charge >= 0.3 is 0 Å². The van der Waals surface area contributed by atoms with Gasteiger partial charge in [0.2, 0.25) is 5.91 Å². The molecule has 1 aliphatic heterocycles. The Bertz CT molecular complexity index is 849. The molecule has 25 heavy (non-hydrogen) atoms. The van der Waals surface area contributed by atoms with Gasteiger partial charge in [-0.1, -0.05) is 25.0 Å². The molecule has 0 bridgehead atoms. The molecule has 0 radical (unpaired) electrons. The minimum atomic E-state index is -0.628. The van der Waals surface area contributed by atoms with Gasteiger partial charge in [0, 0.05) is 25.2 Å². The number of carbonyl (C=O) groups excluding carboxylic acids is 1. The van der Waals surface area contributed by atoms with Gasteiger partial charge in [-0.3, -0.25) is 14.4 Å². The van der Waals surface area contributed by atoms with Crippen molar-refractivity contribution in [3.63, 3.8) is 0 Å². The molecular formula is C19H25N5O. The monoisotopic (exact) mass is 339 g/mol. The summed E-state index contributed by atoms with van der Waals surface area (Å²) in [6.45, 7) is 2.96. The number of nitrogens with zero attached hydrogens (tertiary/aromatic N) is 4. The molecule has 1 saturated carbocycles. The van der Waals surface area contributed by atoms with Crippen LogP contribution in [0.4, 0.5) is 0 Å². The highest BCUT2D eigenvalue weighted by atomic mass is 16.2. The first kappa shape index (κ1) is 16.1. The van der Waals surface area contributed by atoms with Gasteiger partial charge in [0.05, 0.1) is 17.5 Å². The standard InChI is InChI=1S/C19H25N5O/c1-19(10-17(25)23(2)18(20)21-19)15-8-7-14-12-24(22-16(14)9-15)11-13-5-3-4-6-13/h7-9,12-13H,3-6,10-11H2,1-2H3,(H2,20,21)/t19-/m0/s1. The Kier molecular flexibility index (Phi) is 3.78. The number of rotatable bonds is 3. The number of aromatic nitrogens is 2. The van der Waals surface area contributed by atoms with E-state index in [4.69, 9.17) is 10.8 Å². The van der Waals surface area contributed by atoms with Crippen molar-refractivity contribution in [2.75, 3.05) is 7.05 Å². The number of hydrogen-bond acceptors (Lipinski definition) is 4. The molecule has 2 aromatic rings. The highest BCUT2D eigenvalue weighted by molar-refractivity contribution is 5.98. The lowest BCUT2D eigenvalue weighted by Crippen LogP contribution is -2.47. The first-order valence-electron chi connectivity index (χ1n) is 9.04. The third-order valence-corrected chi connectivity index (χ3v) is 5.67. The van der Waals surface area contributed by atoms with Crippen molar-refractivity contribution in [3.8, 4) is 0 Å². The summed E-state index contributed by atoms with van der Waals surface area (Å²) in [5, 5.41) is 5.88. The second-order valence-corrected chi connectivity index (χ2v) is 7.65. The number of hydrogen-bond donors (Lipinski definition) is 1. The van der Waals surface area contributed by atoms with Gasteiger partial charge in [0.15, 0.2) is 5.96 Å². The first-order chi connectivity index (χ1) is 11.9. The van der Waals surface area contributed by atoms with Crippen LogP contribution in [0.5, 0.6) is 0 Å². The number of guanidine groups is 1. The van der Waals surface area contributed by atoms with Gasteiger partial charge in [0.25, 0.3) is 0 Å². The Labute approximate surface area is 147 Å². The van der Waals surface area contributed by atoms with E-state index < -0.39 is 5.54 Å². The van der Waals surface area contributed by atoms with E-state index >= 15 is 0 Å². The summed E-state index contributed by atoms with van der Waals surface area (Å²) in [4.78, 5) is 18.2. The van der Waals surface area contributed by atoms with Crippen LogP contribution in [-0.2, 0) is 16.9 Å². The predicted octanol–water partition coefficient (Wildman–Crippen LogP) is 2.62. The zero-order valence-electron chi connectivity index (χ0n) is 14.9. The van der Waals surface area contributed by atoms with E-state index in [1.807, 2.05) is 13.0 Å². The highest BCUT2D eigenvalue weighted by Crippen LogP contribution is 2.34. The molecule has 2 heterocycles. The summed E-state index contributed by atoms with van der Waals surface area (Å²) in [6.07, 6.45) is 7.74. The lowest BCUT2D eigenvalue weighted by atomic mass is 9.87. The van der Waals surface area contributed by atoms with Gasteiger partial charge < -0.3 is 5.73 Å². The summed E-state index contributed by atoms with van der Waals surface area (Å²) in [5.41, 5.74) is 7.23. The lowest BCUT2D eigenvalue weighted by molar-refractivity contribution is -0.128. The van der Waals surface area contributed by atoms with Crippen molar-refractivity contribution in [3.05, 3.63) is 30.0 Å². The van der Waals surface area contributed by atoms with Gasteiger partial charge in [-0.05, 0) is 37.3 Å². The fourth-order valence-corrected chi connectivity index (χ4v) is 4.03. The minimum absolute atomic E-state index is 0.0122. The van der Waals surface area contributed by atoms with Crippen LogP contribution in [0.15, 0.2) is 29.4 Å². The van der Waals surface area contributed by atoms with Crippen molar-refractivity contribution in [1.82, 2.24) is 14.7 Å². The van der Waals surface area contributed by atoms with Gasteiger partial charge in [0.1, 0.15) is 0 Å². The molecule has 1 fully saturated rings. The topological polar surface area (TPSA) is 76.5 Å². The Hall–Kier alpha value is -2.37. The van der Waals surface area contributed by atoms with Crippen molar-refractivity contribution in [2.45, 2.75) is 51.1 Å². The van der Waals surface area contributed by atoms with Crippen LogP contribution >= 0.6 is 0 Å². The molecule has 0 spiro atoms. The van der Waals surface area contributed by atoms with E-state index in [9.17, 15) is 4.79 Å². The largest absolute Gasteiger partial charge is 0.369 e. The summed E-state index contributed by atoms with van der Waals surface area (Å²) in [6, 6.07) is 6.16.